The highest BCUT2D eigenvalue weighted by Gasteiger charge is 2.36. The van der Waals surface area contributed by atoms with Crippen molar-refractivity contribution in [1.82, 2.24) is 9.80 Å². The summed E-state index contributed by atoms with van der Waals surface area (Å²) in [6.45, 7) is 3.92. The van der Waals surface area contributed by atoms with Crippen molar-refractivity contribution in [3.8, 4) is 6.07 Å². The first-order valence-corrected chi connectivity index (χ1v) is 4.67. The fourth-order valence-corrected chi connectivity index (χ4v) is 1.49. The molecule has 0 aromatic heterocycles. The standard InChI is InChI=1S/C9H12N4O/c1-7-2-3-12(9(14)11-7)6-13-5-8(13)4-10/h8H,2-3,5-6H2,1H3. The van der Waals surface area contributed by atoms with Gasteiger partial charge in [-0.05, 0) is 6.92 Å². The van der Waals surface area contributed by atoms with E-state index in [1.165, 1.54) is 0 Å². The lowest BCUT2D eigenvalue weighted by atomic mass is 10.2. The zero-order valence-corrected chi connectivity index (χ0v) is 8.10. The second kappa shape index (κ2) is 3.39. The molecule has 0 bridgehead atoms. The normalized spacial score (nSPS) is 31.0. The zero-order chi connectivity index (χ0) is 10.1. The van der Waals surface area contributed by atoms with E-state index in [0.717, 1.165) is 25.2 Å². The van der Waals surface area contributed by atoms with Crippen molar-refractivity contribution in [3.05, 3.63) is 0 Å². The molecule has 5 nitrogen and oxygen atoms in total. The third-order valence-corrected chi connectivity index (χ3v) is 2.52. The highest BCUT2D eigenvalue weighted by Crippen LogP contribution is 2.18. The number of carbonyl (C=O) groups is 1. The molecule has 2 amide bonds. The van der Waals surface area contributed by atoms with Crippen molar-refractivity contribution in [2.24, 2.45) is 4.99 Å². The molecular formula is C9H12N4O. The molecule has 0 aromatic carbocycles. The number of hydrogen-bond donors (Lipinski definition) is 0. The van der Waals surface area contributed by atoms with Crippen LogP contribution < -0.4 is 0 Å². The lowest BCUT2D eigenvalue weighted by Crippen LogP contribution is -2.38. The Morgan fingerprint density at radius 2 is 2.50 bits per heavy atom. The summed E-state index contributed by atoms with van der Waals surface area (Å²) in [5.74, 6) is 0. The average molecular weight is 192 g/mol. The molecule has 0 aliphatic carbocycles. The number of nitriles is 1. The van der Waals surface area contributed by atoms with Crippen molar-refractivity contribution < 1.29 is 4.79 Å². The summed E-state index contributed by atoms with van der Waals surface area (Å²) in [5.41, 5.74) is 0.897. The van der Waals surface area contributed by atoms with Crippen molar-refractivity contribution in [2.75, 3.05) is 19.8 Å². The third kappa shape index (κ3) is 1.75. The van der Waals surface area contributed by atoms with Gasteiger partial charge in [0.2, 0.25) is 0 Å². The third-order valence-electron chi connectivity index (χ3n) is 2.52. The van der Waals surface area contributed by atoms with Gasteiger partial charge < -0.3 is 4.90 Å². The Hall–Kier alpha value is -1.41. The zero-order valence-electron chi connectivity index (χ0n) is 8.10. The monoisotopic (exact) mass is 192 g/mol. The van der Waals surface area contributed by atoms with Gasteiger partial charge in [-0.15, -0.1) is 0 Å². The molecule has 2 heterocycles. The van der Waals surface area contributed by atoms with Crippen LogP contribution in [0.5, 0.6) is 0 Å². The molecule has 0 spiro atoms. The van der Waals surface area contributed by atoms with Gasteiger partial charge in [0, 0.05) is 25.2 Å². The maximum Gasteiger partial charge on any atom is 0.344 e. The Morgan fingerprint density at radius 1 is 1.71 bits per heavy atom. The minimum atomic E-state index is -0.169. The Morgan fingerprint density at radius 3 is 3.07 bits per heavy atom. The van der Waals surface area contributed by atoms with Gasteiger partial charge in [0.15, 0.2) is 0 Å². The minimum absolute atomic E-state index is 0.00908. The molecule has 1 fully saturated rings. The van der Waals surface area contributed by atoms with Crippen LogP contribution in [0.25, 0.3) is 0 Å². The maximum atomic E-state index is 11.4. The van der Waals surface area contributed by atoms with Crippen LogP contribution in [0.2, 0.25) is 0 Å². The van der Waals surface area contributed by atoms with Gasteiger partial charge in [-0.1, -0.05) is 0 Å². The summed E-state index contributed by atoms with van der Waals surface area (Å²) in [6, 6.07) is 1.99. The molecule has 0 radical (unpaired) electrons. The fraction of sp³-hybridized carbons (Fsp3) is 0.667. The minimum Gasteiger partial charge on any atom is -0.309 e. The summed E-state index contributed by atoms with van der Waals surface area (Å²) < 4.78 is 0. The van der Waals surface area contributed by atoms with E-state index in [-0.39, 0.29) is 12.1 Å². The number of urea groups is 1. The first-order chi connectivity index (χ1) is 6.70. The largest absolute Gasteiger partial charge is 0.344 e. The molecule has 2 aliphatic rings. The summed E-state index contributed by atoms with van der Waals surface area (Å²) >= 11 is 0. The molecule has 1 saturated heterocycles. The van der Waals surface area contributed by atoms with E-state index in [4.69, 9.17) is 5.26 Å². The van der Waals surface area contributed by atoms with E-state index in [2.05, 4.69) is 11.1 Å². The number of hydrogen-bond acceptors (Lipinski definition) is 3. The smallest absolute Gasteiger partial charge is 0.309 e. The highest BCUT2D eigenvalue weighted by molar-refractivity contribution is 5.95. The Balaban J connectivity index is 1.89. The van der Waals surface area contributed by atoms with E-state index in [1.807, 2.05) is 11.8 Å². The number of nitrogens with zero attached hydrogens (tertiary/aromatic N) is 4. The van der Waals surface area contributed by atoms with Gasteiger partial charge in [0.1, 0.15) is 6.04 Å². The van der Waals surface area contributed by atoms with Crippen molar-refractivity contribution in [1.29, 1.82) is 5.26 Å². The Kier molecular flexibility index (Phi) is 2.22. The molecule has 5 heteroatoms. The van der Waals surface area contributed by atoms with Crippen LogP contribution in [0.3, 0.4) is 0 Å². The second-order valence-electron chi connectivity index (χ2n) is 3.70. The molecular weight excluding hydrogens is 180 g/mol. The molecule has 0 aromatic rings. The first kappa shape index (κ1) is 9.16. The van der Waals surface area contributed by atoms with Crippen molar-refractivity contribution >= 4 is 11.7 Å². The summed E-state index contributed by atoms with van der Waals surface area (Å²) in [5, 5.41) is 8.59. The lowest BCUT2D eigenvalue weighted by molar-refractivity contribution is 0.188. The van der Waals surface area contributed by atoms with E-state index in [0.29, 0.717) is 6.67 Å². The molecule has 0 saturated carbocycles. The van der Waals surface area contributed by atoms with Crippen molar-refractivity contribution in [2.45, 2.75) is 19.4 Å². The molecule has 2 rings (SSSR count). The van der Waals surface area contributed by atoms with Gasteiger partial charge in [-0.25, -0.2) is 9.79 Å². The molecule has 2 aliphatic heterocycles. The SMILES string of the molecule is CC1=NC(=O)N(CN2CC2C#N)CC1. The molecule has 2 unspecified atom stereocenters. The van der Waals surface area contributed by atoms with E-state index >= 15 is 0 Å². The number of aliphatic imine (C=N–C) groups is 1. The van der Waals surface area contributed by atoms with E-state index < -0.39 is 0 Å². The van der Waals surface area contributed by atoms with E-state index in [1.54, 1.807) is 4.90 Å². The van der Waals surface area contributed by atoms with Gasteiger partial charge in [-0.3, -0.25) is 4.90 Å². The average Bonchev–Trinajstić information content (AvgIpc) is 2.89. The Labute approximate surface area is 82.6 Å². The topological polar surface area (TPSA) is 59.5 Å². The quantitative estimate of drug-likeness (QED) is 0.596. The van der Waals surface area contributed by atoms with Crippen LogP contribution in [0.4, 0.5) is 4.79 Å². The van der Waals surface area contributed by atoms with Crippen LogP contribution in [0.1, 0.15) is 13.3 Å². The van der Waals surface area contributed by atoms with Crippen LogP contribution in [0.15, 0.2) is 4.99 Å². The van der Waals surface area contributed by atoms with Crippen LogP contribution in [0, 0.1) is 11.3 Å². The van der Waals surface area contributed by atoms with Crippen LogP contribution in [-0.4, -0.2) is 47.3 Å². The van der Waals surface area contributed by atoms with Crippen LogP contribution in [-0.2, 0) is 0 Å². The number of rotatable bonds is 2. The van der Waals surface area contributed by atoms with Gasteiger partial charge >= 0.3 is 6.03 Å². The highest BCUT2D eigenvalue weighted by atomic mass is 16.2. The molecule has 74 valence electrons. The number of carbonyl (C=O) groups excluding carboxylic acids is 1. The van der Waals surface area contributed by atoms with Gasteiger partial charge in [-0.2, -0.15) is 5.26 Å². The summed E-state index contributed by atoms with van der Waals surface area (Å²) in [4.78, 5) is 18.9. The molecule has 2 atom stereocenters. The van der Waals surface area contributed by atoms with Gasteiger partial charge in [0.25, 0.3) is 0 Å². The fourth-order valence-electron chi connectivity index (χ4n) is 1.49. The summed E-state index contributed by atoms with van der Waals surface area (Å²) in [6.07, 6.45) is 0.844. The molecule has 0 N–H and O–H groups in total. The maximum absolute atomic E-state index is 11.4. The second-order valence-corrected chi connectivity index (χ2v) is 3.70. The first-order valence-electron chi connectivity index (χ1n) is 4.67. The Bertz CT molecular complexity index is 330. The van der Waals surface area contributed by atoms with Gasteiger partial charge in [0.05, 0.1) is 12.7 Å². The number of amides is 2. The van der Waals surface area contributed by atoms with Crippen molar-refractivity contribution in [3.63, 3.8) is 0 Å². The van der Waals surface area contributed by atoms with E-state index in [9.17, 15) is 4.79 Å². The lowest BCUT2D eigenvalue weighted by Gasteiger charge is -2.24. The predicted molar refractivity (Wildman–Crippen MR) is 50.8 cm³/mol. The predicted octanol–water partition coefficient (Wildman–Crippen LogP) is 0.438. The van der Waals surface area contributed by atoms with Crippen LogP contribution >= 0.6 is 0 Å². The summed E-state index contributed by atoms with van der Waals surface area (Å²) in [7, 11) is 0. The molecule has 14 heavy (non-hydrogen) atoms.